The highest BCUT2D eigenvalue weighted by Gasteiger charge is 2.23. The third kappa shape index (κ3) is 1.30. The average Bonchev–Trinajstić information content (AvgIpc) is 2.23. The summed E-state index contributed by atoms with van der Waals surface area (Å²) in [5.41, 5.74) is 4.84. The van der Waals surface area contributed by atoms with Gasteiger partial charge < -0.3 is 4.74 Å². The van der Waals surface area contributed by atoms with Crippen molar-refractivity contribution in [1.29, 1.82) is 5.26 Å². The van der Waals surface area contributed by atoms with Gasteiger partial charge in [0.05, 0.1) is 12.7 Å². The van der Waals surface area contributed by atoms with Gasteiger partial charge in [0.1, 0.15) is 0 Å². The first kappa shape index (κ1) is 9.23. The van der Waals surface area contributed by atoms with Gasteiger partial charge >= 0.3 is 0 Å². The molecule has 2 nitrogen and oxygen atoms in total. The molecule has 1 unspecified atom stereocenters. The molecule has 0 saturated carbocycles. The van der Waals surface area contributed by atoms with Crippen molar-refractivity contribution in [3.05, 3.63) is 34.4 Å². The molecule has 1 aliphatic rings. The van der Waals surface area contributed by atoms with Gasteiger partial charge in [0.15, 0.2) is 6.10 Å². The summed E-state index contributed by atoms with van der Waals surface area (Å²) < 4.78 is 5.43. The first-order valence-electron chi connectivity index (χ1n) is 4.84. The van der Waals surface area contributed by atoms with Crippen LogP contribution in [0.5, 0.6) is 0 Å². The second-order valence-electron chi connectivity index (χ2n) is 3.72. The molecule has 0 fully saturated rings. The Hall–Kier alpha value is -1.33. The van der Waals surface area contributed by atoms with Crippen molar-refractivity contribution in [1.82, 2.24) is 0 Å². The molecule has 14 heavy (non-hydrogen) atoms. The van der Waals surface area contributed by atoms with Crippen molar-refractivity contribution in [3.63, 3.8) is 0 Å². The molecule has 2 rings (SSSR count). The highest BCUT2D eigenvalue weighted by molar-refractivity contribution is 5.44. The van der Waals surface area contributed by atoms with E-state index in [2.05, 4.69) is 25.1 Å². The van der Waals surface area contributed by atoms with Crippen LogP contribution in [0.25, 0.3) is 0 Å². The number of rotatable bonds is 0. The van der Waals surface area contributed by atoms with Gasteiger partial charge in [-0.25, -0.2) is 0 Å². The molecule has 0 aliphatic carbocycles. The van der Waals surface area contributed by atoms with Crippen LogP contribution in [0.15, 0.2) is 12.1 Å². The van der Waals surface area contributed by atoms with E-state index in [0.29, 0.717) is 6.61 Å². The molecule has 0 bridgehead atoms. The Labute approximate surface area is 84.1 Å². The number of nitriles is 1. The Balaban J connectivity index is 2.62. The van der Waals surface area contributed by atoms with Crippen molar-refractivity contribution in [3.8, 4) is 6.07 Å². The van der Waals surface area contributed by atoms with Crippen LogP contribution < -0.4 is 0 Å². The number of fused-ring (bicyclic) bond motifs is 1. The van der Waals surface area contributed by atoms with Crippen LogP contribution in [0.3, 0.4) is 0 Å². The zero-order valence-electron chi connectivity index (χ0n) is 8.50. The third-order valence-corrected chi connectivity index (χ3v) is 2.83. The van der Waals surface area contributed by atoms with Gasteiger partial charge in [-0.15, -0.1) is 0 Å². The number of hydrogen-bond acceptors (Lipinski definition) is 2. The van der Waals surface area contributed by atoms with Crippen LogP contribution in [-0.2, 0) is 11.2 Å². The van der Waals surface area contributed by atoms with E-state index < -0.39 is 0 Å². The molecule has 0 N–H and O–H groups in total. The fourth-order valence-corrected chi connectivity index (χ4v) is 2.05. The van der Waals surface area contributed by atoms with E-state index in [4.69, 9.17) is 10.00 Å². The minimum Gasteiger partial charge on any atom is -0.358 e. The minimum atomic E-state index is -0.362. The monoisotopic (exact) mass is 187 g/mol. The topological polar surface area (TPSA) is 33.0 Å². The number of hydrogen-bond donors (Lipinski definition) is 0. The van der Waals surface area contributed by atoms with Gasteiger partial charge in [0, 0.05) is 5.56 Å². The summed E-state index contributed by atoms with van der Waals surface area (Å²) in [6.45, 7) is 4.80. The maximum absolute atomic E-state index is 8.98. The van der Waals surface area contributed by atoms with Crippen molar-refractivity contribution in [2.45, 2.75) is 26.4 Å². The molecular weight excluding hydrogens is 174 g/mol. The fourth-order valence-electron chi connectivity index (χ4n) is 2.05. The lowest BCUT2D eigenvalue weighted by Gasteiger charge is -2.24. The highest BCUT2D eigenvalue weighted by Crippen LogP contribution is 2.31. The van der Waals surface area contributed by atoms with E-state index in [0.717, 1.165) is 17.5 Å². The fraction of sp³-hybridized carbons (Fsp3) is 0.417. The molecule has 0 radical (unpaired) electrons. The van der Waals surface area contributed by atoms with Crippen molar-refractivity contribution >= 4 is 0 Å². The van der Waals surface area contributed by atoms with Crippen LogP contribution in [0.4, 0.5) is 0 Å². The van der Waals surface area contributed by atoms with Crippen molar-refractivity contribution in [2.24, 2.45) is 0 Å². The highest BCUT2D eigenvalue weighted by atomic mass is 16.5. The molecule has 1 heterocycles. The van der Waals surface area contributed by atoms with Crippen LogP contribution in [0.2, 0.25) is 0 Å². The maximum Gasteiger partial charge on any atom is 0.169 e. The Morgan fingerprint density at radius 2 is 2.07 bits per heavy atom. The van der Waals surface area contributed by atoms with E-state index in [9.17, 15) is 0 Å². The zero-order valence-corrected chi connectivity index (χ0v) is 8.50. The lowest BCUT2D eigenvalue weighted by molar-refractivity contribution is 0.0792. The van der Waals surface area contributed by atoms with Crippen LogP contribution in [0, 0.1) is 25.2 Å². The van der Waals surface area contributed by atoms with Crippen molar-refractivity contribution < 1.29 is 4.74 Å². The lowest BCUT2D eigenvalue weighted by Crippen LogP contribution is -2.17. The molecule has 72 valence electrons. The van der Waals surface area contributed by atoms with E-state index in [1.54, 1.807) is 0 Å². The normalized spacial score (nSPS) is 19.9. The number of ether oxygens (including phenoxy) is 1. The number of aryl methyl sites for hydroxylation is 2. The van der Waals surface area contributed by atoms with Gasteiger partial charge in [0.25, 0.3) is 0 Å². The standard InChI is InChI=1S/C12H13NO/c1-8-3-4-9(2)12-10(8)5-6-14-11(12)7-13/h3-4,11H,5-6H2,1-2H3. The summed E-state index contributed by atoms with van der Waals surface area (Å²) in [7, 11) is 0. The summed E-state index contributed by atoms with van der Waals surface area (Å²) in [4.78, 5) is 0. The summed E-state index contributed by atoms with van der Waals surface area (Å²) in [6, 6.07) is 6.39. The average molecular weight is 187 g/mol. The lowest BCUT2D eigenvalue weighted by atomic mass is 9.90. The molecule has 1 aromatic rings. The van der Waals surface area contributed by atoms with E-state index in [1.165, 1.54) is 11.1 Å². The van der Waals surface area contributed by atoms with Gasteiger partial charge in [-0.3, -0.25) is 0 Å². The maximum atomic E-state index is 8.98. The molecule has 1 aliphatic heterocycles. The molecule has 1 aromatic carbocycles. The first-order chi connectivity index (χ1) is 6.74. The third-order valence-electron chi connectivity index (χ3n) is 2.83. The largest absolute Gasteiger partial charge is 0.358 e. The Morgan fingerprint density at radius 1 is 1.36 bits per heavy atom. The first-order valence-corrected chi connectivity index (χ1v) is 4.84. The quantitative estimate of drug-likeness (QED) is 0.625. The Morgan fingerprint density at radius 3 is 2.79 bits per heavy atom. The van der Waals surface area contributed by atoms with Gasteiger partial charge in [-0.05, 0) is 37.0 Å². The molecule has 0 aromatic heterocycles. The molecule has 0 spiro atoms. The number of nitrogens with zero attached hydrogens (tertiary/aromatic N) is 1. The van der Waals surface area contributed by atoms with E-state index in [1.807, 2.05) is 6.92 Å². The predicted octanol–water partition coefficient (Wildman–Crippen LogP) is 2.44. The van der Waals surface area contributed by atoms with Gasteiger partial charge in [-0.1, -0.05) is 12.1 Å². The Bertz CT molecular complexity index is 404. The summed E-state index contributed by atoms with van der Waals surface area (Å²) >= 11 is 0. The summed E-state index contributed by atoms with van der Waals surface area (Å²) in [5, 5.41) is 8.98. The molecule has 0 saturated heterocycles. The van der Waals surface area contributed by atoms with Crippen LogP contribution in [0.1, 0.15) is 28.4 Å². The van der Waals surface area contributed by atoms with E-state index in [-0.39, 0.29) is 6.10 Å². The zero-order chi connectivity index (χ0) is 10.1. The minimum absolute atomic E-state index is 0.362. The second kappa shape index (κ2) is 3.43. The molecule has 0 amide bonds. The SMILES string of the molecule is Cc1ccc(C)c2c1CCOC2C#N. The van der Waals surface area contributed by atoms with Crippen molar-refractivity contribution in [2.75, 3.05) is 6.61 Å². The van der Waals surface area contributed by atoms with Crippen LogP contribution in [-0.4, -0.2) is 6.61 Å². The molecule has 1 atom stereocenters. The molecule has 2 heteroatoms. The summed E-state index contributed by atoms with van der Waals surface area (Å²) in [5.74, 6) is 0. The van der Waals surface area contributed by atoms with Gasteiger partial charge in [0.2, 0.25) is 0 Å². The number of benzene rings is 1. The smallest absolute Gasteiger partial charge is 0.169 e. The van der Waals surface area contributed by atoms with Crippen LogP contribution >= 0.6 is 0 Å². The second-order valence-corrected chi connectivity index (χ2v) is 3.72. The van der Waals surface area contributed by atoms with E-state index >= 15 is 0 Å². The Kier molecular flexibility index (Phi) is 2.26. The summed E-state index contributed by atoms with van der Waals surface area (Å²) in [6.07, 6.45) is 0.569. The van der Waals surface area contributed by atoms with Gasteiger partial charge in [-0.2, -0.15) is 5.26 Å². The predicted molar refractivity (Wildman–Crippen MR) is 53.9 cm³/mol. The molecular formula is C12H13NO.